The average Bonchev–Trinajstić information content (AvgIpc) is 2.48. The van der Waals surface area contributed by atoms with Crippen molar-refractivity contribution in [2.24, 2.45) is 0 Å². The van der Waals surface area contributed by atoms with Gasteiger partial charge in [0.1, 0.15) is 11.4 Å². The molecule has 23 heavy (non-hydrogen) atoms. The molecule has 0 saturated heterocycles. The van der Waals surface area contributed by atoms with Crippen LogP contribution in [0, 0.1) is 6.92 Å². The fourth-order valence-electron chi connectivity index (χ4n) is 2.95. The standard InChI is InChI=1S/C19H20BrNO2/c1-12-4-9-17-15(10-12)16(11-19(2,3)23-17)21-18(22)13-5-7-14(20)8-6-13/h4-10,16H,11H2,1-3H3,(H,21,22). The zero-order valence-electron chi connectivity index (χ0n) is 13.5. The van der Waals surface area contributed by atoms with E-state index in [0.717, 1.165) is 27.8 Å². The van der Waals surface area contributed by atoms with Gasteiger partial charge in [0, 0.05) is 22.0 Å². The lowest BCUT2D eigenvalue weighted by Crippen LogP contribution is -2.41. The molecule has 0 aromatic heterocycles. The van der Waals surface area contributed by atoms with Gasteiger partial charge in [-0.25, -0.2) is 0 Å². The number of carbonyl (C=O) groups excluding carboxylic acids is 1. The van der Waals surface area contributed by atoms with E-state index in [1.54, 1.807) is 0 Å². The predicted molar refractivity (Wildman–Crippen MR) is 94.9 cm³/mol. The van der Waals surface area contributed by atoms with Crippen LogP contribution in [0.4, 0.5) is 0 Å². The first-order valence-corrected chi connectivity index (χ1v) is 8.49. The van der Waals surface area contributed by atoms with Crippen LogP contribution in [0.2, 0.25) is 0 Å². The van der Waals surface area contributed by atoms with E-state index in [-0.39, 0.29) is 17.6 Å². The topological polar surface area (TPSA) is 38.3 Å². The lowest BCUT2D eigenvalue weighted by atomic mass is 9.88. The van der Waals surface area contributed by atoms with Crippen LogP contribution in [0.5, 0.6) is 5.75 Å². The number of hydrogen-bond donors (Lipinski definition) is 1. The molecular formula is C19H20BrNO2. The maximum absolute atomic E-state index is 12.6. The molecule has 0 radical (unpaired) electrons. The number of halogens is 1. The molecule has 1 heterocycles. The molecule has 1 N–H and O–H groups in total. The summed E-state index contributed by atoms with van der Waals surface area (Å²) in [6.07, 6.45) is 0.742. The number of carbonyl (C=O) groups is 1. The summed E-state index contributed by atoms with van der Waals surface area (Å²) in [5.41, 5.74) is 2.57. The highest BCUT2D eigenvalue weighted by molar-refractivity contribution is 9.10. The number of aryl methyl sites for hydroxylation is 1. The van der Waals surface area contributed by atoms with Gasteiger partial charge in [0.2, 0.25) is 0 Å². The molecule has 0 fully saturated rings. The van der Waals surface area contributed by atoms with E-state index >= 15 is 0 Å². The summed E-state index contributed by atoms with van der Waals surface area (Å²) in [5.74, 6) is 0.792. The van der Waals surface area contributed by atoms with Gasteiger partial charge >= 0.3 is 0 Å². The molecule has 1 amide bonds. The Kier molecular flexibility index (Phi) is 4.19. The normalized spacial score (nSPS) is 18.7. The molecule has 2 aromatic rings. The second-order valence-electron chi connectivity index (χ2n) is 6.64. The maximum Gasteiger partial charge on any atom is 0.251 e. The van der Waals surface area contributed by atoms with Crippen molar-refractivity contribution >= 4 is 21.8 Å². The molecule has 120 valence electrons. The summed E-state index contributed by atoms with van der Waals surface area (Å²) in [7, 11) is 0. The van der Waals surface area contributed by atoms with E-state index in [0.29, 0.717) is 5.56 Å². The van der Waals surface area contributed by atoms with Gasteiger partial charge in [0.25, 0.3) is 5.91 Å². The SMILES string of the molecule is Cc1ccc2c(c1)C(NC(=O)c1ccc(Br)cc1)CC(C)(C)O2. The van der Waals surface area contributed by atoms with Gasteiger partial charge in [0.15, 0.2) is 0 Å². The number of rotatable bonds is 2. The van der Waals surface area contributed by atoms with Crippen LogP contribution in [0.1, 0.15) is 47.8 Å². The van der Waals surface area contributed by atoms with Gasteiger partial charge < -0.3 is 10.1 Å². The molecule has 0 bridgehead atoms. The average molecular weight is 374 g/mol. The first-order valence-electron chi connectivity index (χ1n) is 7.70. The van der Waals surface area contributed by atoms with Crippen LogP contribution in [0.25, 0.3) is 0 Å². The zero-order valence-corrected chi connectivity index (χ0v) is 15.1. The Morgan fingerprint density at radius 3 is 2.61 bits per heavy atom. The first-order chi connectivity index (χ1) is 10.8. The Morgan fingerprint density at radius 1 is 1.22 bits per heavy atom. The second kappa shape index (κ2) is 6.00. The van der Waals surface area contributed by atoms with Gasteiger partial charge in [-0.3, -0.25) is 4.79 Å². The molecule has 3 nitrogen and oxygen atoms in total. The Labute approximate surface area is 145 Å². The predicted octanol–water partition coefficient (Wildman–Crippen LogP) is 4.79. The van der Waals surface area contributed by atoms with Crippen molar-refractivity contribution in [3.8, 4) is 5.75 Å². The lowest BCUT2D eigenvalue weighted by Gasteiger charge is -2.38. The smallest absolute Gasteiger partial charge is 0.251 e. The molecule has 1 unspecified atom stereocenters. The highest BCUT2D eigenvalue weighted by Gasteiger charge is 2.34. The number of nitrogens with one attached hydrogen (secondary N) is 1. The third-order valence-corrected chi connectivity index (χ3v) is 4.56. The van der Waals surface area contributed by atoms with Crippen molar-refractivity contribution < 1.29 is 9.53 Å². The Balaban J connectivity index is 1.88. The van der Waals surface area contributed by atoms with Crippen molar-refractivity contribution in [3.05, 3.63) is 63.6 Å². The summed E-state index contributed by atoms with van der Waals surface area (Å²) in [4.78, 5) is 12.6. The van der Waals surface area contributed by atoms with Crippen molar-refractivity contribution in [2.75, 3.05) is 0 Å². The molecular weight excluding hydrogens is 354 g/mol. The first kappa shape index (κ1) is 16.1. The third kappa shape index (κ3) is 3.58. The number of hydrogen-bond acceptors (Lipinski definition) is 2. The second-order valence-corrected chi connectivity index (χ2v) is 7.56. The minimum atomic E-state index is -0.306. The molecule has 0 aliphatic carbocycles. The van der Waals surface area contributed by atoms with E-state index in [1.165, 1.54) is 0 Å². The van der Waals surface area contributed by atoms with Crippen LogP contribution in [0.15, 0.2) is 46.9 Å². The highest BCUT2D eigenvalue weighted by atomic mass is 79.9. The van der Waals surface area contributed by atoms with Gasteiger partial charge in [0.05, 0.1) is 6.04 Å². The fourth-order valence-corrected chi connectivity index (χ4v) is 3.21. The van der Waals surface area contributed by atoms with Crippen LogP contribution < -0.4 is 10.1 Å². The van der Waals surface area contributed by atoms with Crippen LogP contribution in [-0.2, 0) is 0 Å². The zero-order chi connectivity index (χ0) is 16.6. The largest absolute Gasteiger partial charge is 0.487 e. The molecule has 2 aromatic carbocycles. The maximum atomic E-state index is 12.6. The van der Waals surface area contributed by atoms with Gasteiger partial charge in [-0.15, -0.1) is 0 Å². The van der Waals surface area contributed by atoms with Gasteiger partial charge in [-0.2, -0.15) is 0 Å². The van der Waals surface area contributed by atoms with E-state index < -0.39 is 0 Å². The van der Waals surface area contributed by atoms with Crippen LogP contribution >= 0.6 is 15.9 Å². The third-order valence-electron chi connectivity index (χ3n) is 4.03. The summed E-state index contributed by atoms with van der Waals surface area (Å²) < 4.78 is 7.01. The molecule has 1 atom stereocenters. The summed E-state index contributed by atoms with van der Waals surface area (Å²) >= 11 is 3.39. The lowest BCUT2D eigenvalue weighted by molar-refractivity contribution is 0.0619. The van der Waals surface area contributed by atoms with Gasteiger partial charge in [-0.05, 0) is 51.1 Å². The minimum absolute atomic E-state index is 0.0511. The quantitative estimate of drug-likeness (QED) is 0.821. The van der Waals surface area contributed by atoms with Crippen LogP contribution in [0.3, 0.4) is 0 Å². The molecule has 1 aliphatic rings. The Hall–Kier alpha value is -1.81. The van der Waals surface area contributed by atoms with Crippen molar-refractivity contribution in [2.45, 2.75) is 38.8 Å². The number of ether oxygens (including phenoxy) is 1. The molecule has 0 saturated carbocycles. The van der Waals surface area contributed by atoms with Crippen molar-refractivity contribution in [3.63, 3.8) is 0 Å². The monoisotopic (exact) mass is 373 g/mol. The Morgan fingerprint density at radius 2 is 1.91 bits per heavy atom. The number of fused-ring (bicyclic) bond motifs is 1. The molecule has 0 spiro atoms. The van der Waals surface area contributed by atoms with E-state index in [1.807, 2.05) is 43.3 Å². The highest BCUT2D eigenvalue weighted by Crippen LogP contribution is 2.39. The number of amides is 1. The van der Waals surface area contributed by atoms with Crippen molar-refractivity contribution in [1.82, 2.24) is 5.32 Å². The Bertz CT molecular complexity index is 738. The van der Waals surface area contributed by atoms with E-state index in [9.17, 15) is 4.79 Å². The van der Waals surface area contributed by atoms with Crippen molar-refractivity contribution in [1.29, 1.82) is 0 Å². The van der Waals surface area contributed by atoms with E-state index in [2.05, 4.69) is 41.2 Å². The molecule has 1 aliphatic heterocycles. The van der Waals surface area contributed by atoms with Gasteiger partial charge in [-0.1, -0.05) is 33.6 Å². The summed E-state index contributed by atoms with van der Waals surface area (Å²) in [6, 6.07) is 13.5. The van der Waals surface area contributed by atoms with Crippen LogP contribution in [-0.4, -0.2) is 11.5 Å². The summed E-state index contributed by atoms with van der Waals surface area (Å²) in [6.45, 7) is 6.15. The molecule has 4 heteroatoms. The van der Waals surface area contributed by atoms with E-state index in [4.69, 9.17) is 4.74 Å². The summed E-state index contributed by atoms with van der Waals surface area (Å²) in [5, 5.41) is 3.16. The molecule has 3 rings (SSSR count). The minimum Gasteiger partial charge on any atom is -0.487 e. The number of benzene rings is 2. The fraction of sp³-hybridized carbons (Fsp3) is 0.316.